The summed E-state index contributed by atoms with van der Waals surface area (Å²) in [4.78, 5) is 0. The van der Waals surface area contributed by atoms with E-state index < -0.39 is 30.2 Å². The van der Waals surface area contributed by atoms with E-state index in [4.69, 9.17) is 5.73 Å². The molecule has 0 unspecified atom stereocenters. The highest BCUT2D eigenvalue weighted by Gasteiger charge is 2.24. The number of hydrogen-bond acceptors (Lipinski definition) is 1. The van der Waals surface area contributed by atoms with Gasteiger partial charge in [0.1, 0.15) is 5.69 Å². The van der Waals surface area contributed by atoms with Crippen molar-refractivity contribution in [1.82, 2.24) is 0 Å². The molecular weight excluding hydrogens is 234 g/mol. The molecule has 0 fully saturated rings. The Labute approximate surface area is 97.6 Å². The summed E-state index contributed by atoms with van der Waals surface area (Å²) in [6.45, 7) is 4.66. The zero-order chi connectivity index (χ0) is 13.3. The normalized spacial score (nSPS) is 11.6. The van der Waals surface area contributed by atoms with Crippen LogP contribution in [0.3, 0.4) is 0 Å². The first-order valence-corrected chi connectivity index (χ1v) is 5.31. The lowest BCUT2D eigenvalue weighted by Gasteiger charge is -2.19. The van der Waals surface area contributed by atoms with Crippen molar-refractivity contribution in [2.45, 2.75) is 39.5 Å². The Morgan fingerprint density at radius 3 is 2.06 bits per heavy atom. The maximum Gasteiger partial charge on any atom is 0.242 e. The summed E-state index contributed by atoms with van der Waals surface area (Å²) < 4.78 is 52.2. The number of rotatable bonds is 3. The molecule has 0 saturated heterocycles. The lowest BCUT2D eigenvalue weighted by Crippen LogP contribution is -2.12. The molecular formula is C12H15F4N. The summed E-state index contributed by atoms with van der Waals surface area (Å²) in [6, 6.07) is 0. The van der Waals surface area contributed by atoms with E-state index >= 15 is 0 Å². The van der Waals surface area contributed by atoms with Crippen LogP contribution in [0, 0.1) is 18.6 Å². The van der Waals surface area contributed by atoms with Gasteiger partial charge in [-0.25, -0.2) is 17.6 Å². The maximum atomic E-state index is 13.8. The molecule has 0 amide bonds. The molecule has 0 atom stereocenters. The van der Waals surface area contributed by atoms with E-state index in [2.05, 4.69) is 0 Å². The van der Waals surface area contributed by atoms with Crippen molar-refractivity contribution in [3.05, 3.63) is 28.3 Å². The molecule has 2 N–H and O–H groups in total. The third-order valence-electron chi connectivity index (χ3n) is 2.75. The number of hydrogen-bond donors (Lipinski definition) is 1. The highest BCUT2D eigenvalue weighted by Crippen LogP contribution is 2.33. The second-order valence-electron chi connectivity index (χ2n) is 4.31. The fourth-order valence-corrected chi connectivity index (χ4v) is 1.93. The average Bonchev–Trinajstić information content (AvgIpc) is 2.22. The van der Waals surface area contributed by atoms with Crippen LogP contribution in [0.5, 0.6) is 0 Å². The van der Waals surface area contributed by atoms with Crippen LogP contribution >= 0.6 is 0 Å². The van der Waals surface area contributed by atoms with Crippen LogP contribution in [-0.2, 0) is 6.42 Å². The summed E-state index contributed by atoms with van der Waals surface area (Å²) in [5, 5.41) is 0. The molecule has 0 aliphatic heterocycles. The molecule has 0 aliphatic rings. The van der Waals surface area contributed by atoms with E-state index in [0.29, 0.717) is 0 Å². The van der Waals surface area contributed by atoms with E-state index in [0.717, 1.165) is 0 Å². The summed E-state index contributed by atoms with van der Waals surface area (Å²) in [5.74, 6) is -2.19. The van der Waals surface area contributed by atoms with E-state index in [1.807, 2.05) is 0 Å². The van der Waals surface area contributed by atoms with Gasteiger partial charge in [0.15, 0.2) is 11.6 Å². The molecule has 1 aromatic rings. The van der Waals surface area contributed by atoms with Crippen LogP contribution in [0.15, 0.2) is 0 Å². The SMILES string of the molecule is Cc1c(F)c(N)c(F)c(C(C)C)c1CC(F)F. The first-order chi connectivity index (χ1) is 7.77. The van der Waals surface area contributed by atoms with Crippen LogP contribution in [0.2, 0.25) is 0 Å². The minimum absolute atomic E-state index is 0.00731. The van der Waals surface area contributed by atoms with Gasteiger partial charge >= 0.3 is 0 Å². The standard InChI is InChI=1S/C12H15F4N/c1-5(2)9-7(4-8(13)14)6(3)10(15)12(17)11(9)16/h5,8H,4,17H2,1-3H3. The Morgan fingerprint density at radius 2 is 1.65 bits per heavy atom. The van der Waals surface area contributed by atoms with Gasteiger partial charge in [0.2, 0.25) is 6.43 Å². The Kier molecular flexibility index (Phi) is 4.01. The zero-order valence-corrected chi connectivity index (χ0v) is 9.95. The predicted molar refractivity (Wildman–Crippen MR) is 59.3 cm³/mol. The highest BCUT2D eigenvalue weighted by atomic mass is 19.3. The Morgan fingerprint density at radius 1 is 1.12 bits per heavy atom. The molecule has 17 heavy (non-hydrogen) atoms. The summed E-state index contributed by atoms with van der Waals surface area (Å²) in [6.07, 6.45) is -3.30. The number of anilines is 1. The van der Waals surface area contributed by atoms with Crippen molar-refractivity contribution >= 4 is 5.69 Å². The fourth-order valence-electron chi connectivity index (χ4n) is 1.93. The van der Waals surface area contributed by atoms with Crippen LogP contribution in [0.4, 0.5) is 23.2 Å². The number of benzene rings is 1. The highest BCUT2D eigenvalue weighted by molar-refractivity contribution is 5.53. The van der Waals surface area contributed by atoms with Gasteiger partial charge in [-0.2, -0.15) is 0 Å². The molecule has 1 nitrogen and oxygen atoms in total. The van der Waals surface area contributed by atoms with Crippen LogP contribution in [0.1, 0.15) is 36.5 Å². The van der Waals surface area contributed by atoms with E-state index in [9.17, 15) is 17.6 Å². The topological polar surface area (TPSA) is 26.0 Å². The van der Waals surface area contributed by atoms with E-state index in [-0.39, 0.29) is 22.6 Å². The monoisotopic (exact) mass is 249 g/mol. The van der Waals surface area contributed by atoms with Gasteiger partial charge in [0.05, 0.1) is 0 Å². The second kappa shape index (κ2) is 4.94. The molecule has 0 bridgehead atoms. The van der Waals surface area contributed by atoms with E-state index in [1.54, 1.807) is 13.8 Å². The Hall–Kier alpha value is -1.26. The molecule has 0 aliphatic carbocycles. The first kappa shape index (κ1) is 13.8. The van der Waals surface area contributed by atoms with Gasteiger partial charge in [-0.05, 0) is 29.5 Å². The summed E-state index contributed by atoms with van der Waals surface area (Å²) >= 11 is 0. The smallest absolute Gasteiger partial charge is 0.242 e. The summed E-state index contributed by atoms with van der Waals surface area (Å²) in [5.41, 5.74) is 4.81. The van der Waals surface area contributed by atoms with Crippen LogP contribution in [-0.4, -0.2) is 6.43 Å². The fraction of sp³-hybridized carbons (Fsp3) is 0.500. The van der Waals surface area contributed by atoms with Gasteiger partial charge < -0.3 is 5.73 Å². The molecule has 0 saturated carbocycles. The zero-order valence-electron chi connectivity index (χ0n) is 9.95. The van der Waals surface area contributed by atoms with Crippen molar-refractivity contribution in [3.63, 3.8) is 0 Å². The molecule has 0 radical (unpaired) electrons. The molecule has 0 spiro atoms. The maximum absolute atomic E-state index is 13.8. The van der Waals surface area contributed by atoms with Gasteiger partial charge in [-0.15, -0.1) is 0 Å². The molecule has 5 heteroatoms. The van der Waals surface area contributed by atoms with Gasteiger partial charge in [-0.1, -0.05) is 13.8 Å². The lowest BCUT2D eigenvalue weighted by molar-refractivity contribution is 0.148. The summed E-state index contributed by atoms with van der Waals surface area (Å²) in [7, 11) is 0. The van der Waals surface area contributed by atoms with E-state index in [1.165, 1.54) is 6.92 Å². The third kappa shape index (κ3) is 2.53. The van der Waals surface area contributed by atoms with Gasteiger partial charge in [-0.3, -0.25) is 0 Å². The predicted octanol–water partition coefficient (Wildman–Crippen LogP) is 3.79. The van der Waals surface area contributed by atoms with Gasteiger partial charge in [0, 0.05) is 6.42 Å². The Balaban J connectivity index is 3.53. The number of nitrogen functional groups attached to an aromatic ring is 1. The number of nitrogens with two attached hydrogens (primary N) is 1. The molecule has 1 rings (SSSR count). The van der Waals surface area contributed by atoms with Crippen molar-refractivity contribution in [3.8, 4) is 0 Å². The van der Waals surface area contributed by atoms with Gasteiger partial charge in [0.25, 0.3) is 0 Å². The number of alkyl halides is 2. The van der Waals surface area contributed by atoms with Crippen molar-refractivity contribution in [2.75, 3.05) is 5.73 Å². The number of halogens is 4. The first-order valence-electron chi connectivity index (χ1n) is 5.31. The van der Waals surface area contributed by atoms with Crippen molar-refractivity contribution in [2.24, 2.45) is 0 Å². The third-order valence-corrected chi connectivity index (χ3v) is 2.75. The molecule has 0 aromatic heterocycles. The lowest BCUT2D eigenvalue weighted by atomic mass is 9.90. The van der Waals surface area contributed by atoms with Crippen LogP contribution < -0.4 is 5.73 Å². The minimum atomic E-state index is -2.64. The van der Waals surface area contributed by atoms with Crippen LogP contribution in [0.25, 0.3) is 0 Å². The molecule has 1 aromatic carbocycles. The quantitative estimate of drug-likeness (QED) is 0.640. The largest absolute Gasteiger partial charge is 0.394 e. The minimum Gasteiger partial charge on any atom is -0.394 e. The van der Waals surface area contributed by atoms with Crippen molar-refractivity contribution in [1.29, 1.82) is 0 Å². The average molecular weight is 249 g/mol. The molecule has 0 heterocycles. The Bertz CT molecular complexity index is 427. The molecule has 96 valence electrons. The second-order valence-corrected chi connectivity index (χ2v) is 4.31. The van der Waals surface area contributed by atoms with Crippen molar-refractivity contribution < 1.29 is 17.6 Å².